The molecule has 3 aromatic rings. The molecule has 4 N–H and O–H groups in total. The van der Waals surface area contributed by atoms with Crippen LogP contribution in [0.4, 0.5) is 11.4 Å². The second kappa shape index (κ2) is 5.46. The van der Waals surface area contributed by atoms with Crippen LogP contribution in [0.15, 0.2) is 55.0 Å². The molecule has 1 amide bonds. The maximum Gasteiger partial charge on any atom is 0.275 e. The van der Waals surface area contributed by atoms with E-state index in [-0.39, 0.29) is 11.6 Å². The summed E-state index contributed by atoms with van der Waals surface area (Å²) >= 11 is 0. The number of hydrogen-bond acceptors (Lipinski definition) is 4. The van der Waals surface area contributed by atoms with Crippen molar-refractivity contribution in [1.29, 1.82) is 0 Å². The number of anilines is 2. The highest BCUT2D eigenvalue weighted by atomic mass is 16.1. The first-order valence-electron chi connectivity index (χ1n) is 6.35. The van der Waals surface area contributed by atoms with Crippen LogP contribution in [0.3, 0.4) is 0 Å². The number of nitrogens with two attached hydrogens (primary N) is 1. The molecule has 2 heterocycles. The van der Waals surface area contributed by atoms with E-state index in [2.05, 4.69) is 20.5 Å². The Hall–Kier alpha value is -3.15. The van der Waals surface area contributed by atoms with Gasteiger partial charge in [-0.2, -0.15) is 5.10 Å². The number of hydrogen-bond donors (Lipinski definition) is 3. The molecule has 0 saturated heterocycles. The van der Waals surface area contributed by atoms with Crippen LogP contribution in [-0.2, 0) is 0 Å². The van der Waals surface area contributed by atoms with E-state index in [9.17, 15) is 4.79 Å². The number of carbonyl (C=O) groups is 1. The van der Waals surface area contributed by atoms with Crippen molar-refractivity contribution in [2.24, 2.45) is 0 Å². The molecule has 0 aliphatic rings. The highest BCUT2D eigenvalue weighted by Crippen LogP contribution is 2.20. The van der Waals surface area contributed by atoms with Gasteiger partial charge in [0.05, 0.1) is 11.9 Å². The van der Waals surface area contributed by atoms with Gasteiger partial charge in [-0.1, -0.05) is 18.2 Å². The third-order valence-electron chi connectivity index (χ3n) is 3.03. The quantitative estimate of drug-likeness (QED) is 0.685. The van der Waals surface area contributed by atoms with Gasteiger partial charge in [0.15, 0.2) is 0 Å². The molecule has 0 unspecified atom stereocenters. The smallest absolute Gasteiger partial charge is 0.275 e. The number of aromatic nitrogens is 3. The largest absolute Gasteiger partial charge is 0.396 e. The van der Waals surface area contributed by atoms with E-state index in [0.29, 0.717) is 11.4 Å². The minimum absolute atomic E-state index is 0.256. The van der Waals surface area contributed by atoms with Crippen LogP contribution in [-0.4, -0.2) is 21.1 Å². The zero-order chi connectivity index (χ0) is 14.7. The van der Waals surface area contributed by atoms with Gasteiger partial charge in [-0.05, 0) is 29.3 Å². The fraction of sp³-hybridized carbons (Fsp3) is 0. The van der Waals surface area contributed by atoms with Crippen molar-refractivity contribution in [2.45, 2.75) is 0 Å². The van der Waals surface area contributed by atoms with E-state index in [0.717, 1.165) is 11.1 Å². The highest BCUT2D eigenvalue weighted by Gasteiger charge is 2.11. The number of nitrogens with one attached hydrogen (secondary N) is 2. The standard InChI is InChI=1S/C15H13N5O/c16-13-9-18-20-14(13)15(21)19-12-5-3-10(4-6-12)11-2-1-7-17-8-11/h1-9H,16H2,(H,18,20)(H,19,21). The summed E-state index contributed by atoms with van der Waals surface area (Å²) in [6.07, 6.45) is 4.92. The summed E-state index contributed by atoms with van der Waals surface area (Å²) in [5.41, 5.74) is 8.94. The number of H-pyrrole nitrogens is 1. The van der Waals surface area contributed by atoms with Gasteiger partial charge in [-0.3, -0.25) is 14.9 Å². The molecule has 2 aromatic heterocycles. The second-order valence-corrected chi connectivity index (χ2v) is 4.47. The minimum Gasteiger partial charge on any atom is -0.396 e. The Morgan fingerprint density at radius 3 is 2.52 bits per heavy atom. The van der Waals surface area contributed by atoms with Gasteiger partial charge in [-0.15, -0.1) is 0 Å². The van der Waals surface area contributed by atoms with Gasteiger partial charge in [0.25, 0.3) is 5.91 Å². The number of benzene rings is 1. The Balaban J connectivity index is 1.76. The Bertz CT molecular complexity index is 749. The lowest BCUT2D eigenvalue weighted by Gasteiger charge is -2.06. The first-order valence-corrected chi connectivity index (χ1v) is 6.35. The zero-order valence-electron chi connectivity index (χ0n) is 11.1. The first kappa shape index (κ1) is 12.9. The van der Waals surface area contributed by atoms with Gasteiger partial charge in [0.1, 0.15) is 5.69 Å². The van der Waals surface area contributed by atoms with Gasteiger partial charge < -0.3 is 11.1 Å². The Kier molecular flexibility index (Phi) is 3.34. The Morgan fingerprint density at radius 2 is 1.90 bits per heavy atom. The van der Waals surface area contributed by atoms with Crippen molar-refractivity contribution >= 4 is 17.3 Å². The van der Waals surface area contributed by atoms with E-state index in [1.54, 1.807) is 12.4 Å². The summed E-state index contributed by atoms with van der Waals surface area (Å²) in [4.78, 5) is 16.1. The van der Waals surface area contributed by atoms with Crippen molar-refractivity contribution in [3.63, 3.8) is 0 Å². The SMILES string of the molecule is Nc1cn[nH]c1C(=O)Nc1ccc(-c2cccnc2)cc1. The molecule has 0 radical (unpaired) electrons. The summed E-state index contributed by atoms with van der Waals surface area (Å²) in [5.74, 6) is -0.320. The molecule has 21 heavy (non-hydrogen) atoms. The van der Waals surface area contributed by atoms with Crippen molar-refractivity contribution in [2.75, 3.05) is 11.1 Å². The van der Waals surface area contributed by atoms with E-state index in [1.807, 2.05) is 36.4 Å². The second-order valence-electron chi connectivity index (χ2n) is 4.47. The van der Waals surface area contributed by atoms with E-state index in [1.165, 1.54) is 6.20 Å². The monoisotopic (exact) mass is 279 g/mol. The molecule has 3 rings (SSSR count). The van der Waals surface area contributed by atoms with E-state index in [4.69, 9.17) is 5.73 Å². The average molecular weight is 279 g/mol. The maximum absolute atomic E-state index is 12.0. The van der Waals surface area contributed by atoms with Crippen LogP contribution >= 0.6 is 0 Å². The van der Waals surface area contributed by atoms with Gasteiger partial charge >= 0.3 is 0 Å². The number of pyridine rings is 1. The summed E-state index contributed by atoms with van der Waals surface area (Å²) in [6, 6.07) is 11.4. The van der Waals surface area contributed by atoms with Crippen LogP contribution < -0.4 is 11.1 Å². The third-order valence-corrected chi connectivity index (χ3v) is 3.03. The van der Waals surface area contributed by atoms with Crippen LogP contribution in [0.2, 0.25) is 0 Å². The number of amides is 1. The number of rotatable bonds is 3. The van der Waals surface area contributed by atoms with E-state index < -0.39 is 0 Å². The van der Waals surface area contributed by atoms with E-state index >= 15 is 0 Å². The number of carbonyl (C=O) groups excluding carboxylic acids is 1. The molecule has 104 valence electrons. The lowest BCUT2D eigenvalue weighted by atomic mass is 10.1. The van der Waals surface area contributed by atoms with Gasteiger partial charge in [-0.25, -0.2) is 0 Å². The predicted molar refractivity (Wildman–Crippen MR) is 80.6 cm³/mol. The molecule has 1 aromatic carbocycles. The summed E-state index contributed by atoms with van der Waals surface area (Å²) in [6.45, 7) is 0. The van der Waals surface area contributed by atoms with Crippen molar-refractivity contribution in [1.82, 2.24) is 15.2 Å². The fourth-order valence-electron chi connectivity index (χ4n) is 1.95. The highest BCUT2D eigenvalue weighted by molar-refractivity contribution is 6.06. The van der Waals surface area contributed by atoms with Crippen LogP contribution in [0, 0.1) is 0 Å². The lowest BCUT2D eigenvalue weighted by Crippen LogP contribution is -2.14. The number of nitrogen functional groups attached to an aromatic ring is 1. The molecule has 0 aliphatic heterocycles. The van der Waals surface area contributed by atoms with Gasteiger partial charge in [0.2, 0.25) is 0 Å². The molecular formula is C15H13N5O. The average Bonchev–Trinajstić information content (AvgIpc) is 2.95. The van der Waals surface area contributed by atoms with Crippen LogP contribution in [0.5, 0.6) is 0 Å². The van der Waals surface area contributed by atoms with Crippen molar-refractivity contribution < 1.29 is 4.79 Å². The number of nitrogens with zero attached hydrogens (tertiary/aromatic N) is 2. The van der Waals surface area contributed by atoms with Crippen LogP contribution in [0.1, 0.15) is 10.5 Å². The van der Waals surface area contributed by atoms with Crippen molar-refractivity contribution in [3.05, 3.63) is 60.7 Å². The topological polar surface area (TPSA) is 96.7 Å². The summed E-state index contributed by atoms with van der Waals surface area (Å²) < 4.78 is 0. The molecule has 0 fully saturated rings. The molecule has 6 nitrogen and oxygen atoms in total. The Morgan fingerprint density at radius 1 is 1.10 bits per heavy atom. The summed E-state index contributed by atoms with van der Waals surface area (Å²) in [7, 11) is 0. The van der Waals surface area contributed by atoms with Gasteiger partial charge in [0, 0.05) is 18.1 Å². The zero-order valence-corrected chi connectivity index (χ0v) is 11.1. The lowest BCUT2D eigenvalue weighted by molar-refractivity contribution is 0.102. The molecule has 6 heteroatoms. The molecule has 0 atom stereocenters. The predicted octanol–water partition coefficient (Wildman–Crippen LogP) is 2.31. The molecule has 0 aliphatic carbocycles. The summed E-state index contributed by atoms with van der Waals surface area (Å²) in [5, 5.41) is 9.05. The van der Waals surface area contributed by atoms with Crippen molar-refractivity contribution in [3.8, 4) is 11.1 Å². The minimum atomic E-state index is -0.320. The first-order chi connectivity index (χ1) is 10.2. The molecule has 0 bridgehead atoms. The van der Waals surface area contributed by atoms with Crippen LogP contribution in [0.25, 0.3) is 11.1 Å². The fourth-order valence-corrected chi connectivity index (χ4v) is 1.95. The molecule has 0 saturated carbocycles. The molecule has 0 spiro atoms. The Labute approximate surface area is 121 Å². The third kappa shape index (κ3) is 2.74. The maximum atomic E-state index is 12.0. The number of aromatic amines is 1. The normalized spacial score (nSPS) is 10.3. The molecular weight excluding hydrogens is 266 g/mol.